The Labute approximate surface area is 98.5 Å². The van der Waals surface area contributed by atoms with Gasteiger partial charge in [-0.25, -0.2) is 5.14 Å². The molecule has 0 saturated heterocycles. The molecule has 0 unspecified atom stereocenters. The molecule has 1 aromatic rings. The Balaban J connectivity index is 2.56. The highest BCUT2D eigenvalue weighted by Crippen LogP contribution is 2.15. The lowest BCUT2D eigenvalue weighted by Crippen LogP contribution is -2.29. The van der Waals surface area contributed by atoms with Gasteiger partial charge in [0.1, 0.15) is 0 Å². The van der Waals surface area contributed by atoms with Crippen LogP contribution in [0.25, 0.3) is 0 Å². The summed E-state index contributed by atoms with van der Waals surface area (Å²) >= 11 is 1.39. The van der Waals surface area contributed by atoms with Gasteiger partial charge in [-0.05, 0) is 12.1 Å². The Hall–Kier alpha value is -0.910. The Morgan fingerprint density at radius 3 is 2.88 bits per heavy atom. The highest BCUT2D eigenvalue weighted by atomic mass is 32.2. The molecule has 0 aliphatic heterocycles. The summed E-state index contributed by atoms with van der Waals surface area (Å²) in [4.78, 5) is 1.67. The van der Waals surface area contributed by atoms with E-state index in [1.807, 2.05) is 0 Å². The Morgan fingerprint density at radius 2 is 2.25 bits per heavy atom. The summed E-state index contributed by atoms with van der Waals surface area (Å²) in [5, 5.41) is 13.3. The van der Waals surface area contributed by atoms with E-state index in [0.717, 1.165) is 9.75 Å². The van der Waals surface area contributed by atoms with Crippen LogP contribution >= 0.6 is 11.3 Å². The average molecular weight is 260 g/mol. The van der Waals surface area contributed by atoms with Crippen molar-refractivity contribution in [3.8, 4) is 11.8 Å². The molecule has 88 valence electrons. The molecular weight excluding hydrogens is 248 g/mol. The van der Waals surface area contributed by atoms with Crippen molar-refractivity contribution >= 4 is 21.5 Å². The molecule has 0 bridgehead atoms. The number of rotatable bonds is 4. The predicted octanol–water partition coefficient (Wildman–Crippen LogP) is -0.225. The zero-order chi connectivity index (χ0) is 12.0. The van der Waals surface area contributed by atoms with Crippen molar-refractivity contribution < 1.29 is 13.5 Å². The lowest BCUT2D eigenvalue weighted by Gasteiger charge is -1.97. The minimum Gasteiger partial charge on any atom is -0.395 e. The first-order chi connectivity index (χ1) is 7.51. The van der Waals surface area contributed by atoms with Crippen molar-refractivity contribution in [3.05, 3.63) is 21.9 Å². The van der Waals surface area contributed by atoms with Gasteiger partial charge < -0.3 is 5.11 Å². The van der Waals surface area contributed by atoms with Crippen molar-refractivity contribution in [2.75, 3.05) is 6.61 Å². The molecule has 0 spiro atoms. The molecule has 0 atom stereocenters. The van der Waals surface area contributed by atoms with Crippen molar-refractivity contribution in [2.45, 2.75) is 13.0 Å². The highest BCUT2D eigenvalue weighted by Gasteiger charge is 2.03. The first-order valence-corrected chi connectivity index (χ1v) is 6.83. The van der Waals surface area contributed by atoms with Gasteiger partial charge in [-0.3, -0.25) is 0 Å². The molecular formula is C9H12N2O3S2. The van der Waals surface area contributed by atoms with E-state index < -0.39 is 10.2 Å². The fourth-order valence-electron chi connectivity index (χ4n) is 0.917. The molecule has 0 saturated carbocycles. The van der Waals surface area contributed by atoms with E-state index in [9.17, 15) is 8.42 Å². The Kier molecular flexibility index (Phi) is 4.92. The van der Waals surface area contributed by atoms with Gasteiger partial charge in [0.05, 0.1) is 11.5 Å². The predicted molar refractivity (Wildman–Crippen MR) is 62.8 cm³/mol. The van der Waals surface area contributed by atoms with Crippen molar-refractivity contribution in [2.24, 2.45) is 5.14 Å². The first-order valence-electron chi connectivity index (χ1n) is 4.47. The van der Waals surface area contributed by atoms with Gasteiger partial charge in [0.15, 0.2) is 0 Å². The minimum absolute atomic E-state index is 0.0399. The number of thiophene rings is 1. The van der Waals surface area contributed by atoms with Gasteiger partial charge in [-0.15, -0.1) is 11.3 Å². The lowest BCUT2D eigenvalue weighted by atomic mass is 10.4. The topological polar surface area (TPSA) is 92.4 Å². The summed E-state index contributed by atoms with van der Waals surface area (Å²) < 4.78 is 23.5. The Morgan fingerprint density at radius 1 is 1.50 bits per heavy atom. The number of nitrogens with two attached hydrogens (primary N) is 1. The second kappa shape index (κ2) is 5.98. The summed E-state index contributed by atoms with van der Waals surface area (Å²) in [6.07, 6.45) is 0.433. The van der Waals surface area contributed by atoms with E-state index in [4.69, 9.17) is 10.2 Å². The van der Waals surface area contributed by atoms with Crippen molar-refractivity contribution in [3.63, 3.8) is 0 Å². The molecule has 16 heavy (non-hydrogen) atoms. The zero-order valence-electron chi connectivity index (χ0n) is 8.43. The lowest BCUT2D eigenvalue weighted by molar-refractivity contribution is 0.305. The third-order valence-corrected chi connectivity index (χ3v) is 3.11. The van der Waals surface area contributed by atoms with Crippen LogP contribution in [0.1, 0.15) is 16.2 Å². The Bertz CT molecular complexity index is 496. The summed E-state index contributed by atoms with van der Waals surface area (Å²) in [7, 11) is -3.65. The maximum Gasteiger partial charge on any atom is 0.274 e. The van der Waals surface area contributed by atoms with Crippen LogP contribution in [0.4, 0.5) is 0 Å². The first kappa shape index (κ1) is 13.2. The minimum atomic E-state index is -3.65. The molecule has 4 N–H and O–H groups in total. The van der Waals surface area contributed by atoms with Gasteiger partial charge in [0.25, 0.3) is 10.2 Å². The van der Waals surface area contributed by atoms with Crippen molar-refractivity contribution in [1.29, 1.82) is 0 Å². The van der Waals surface area contributed by atoms with Gasteiger partial charge in [0.2, 0.25) is 0 Å². The monoisotopic (exact) mass is 260 g/mol. The molecule has 0 amide bonds. The van der Waals surface area contributed by atoms with E-state index in [-0.39, 0.29) is 13.2 Å². The molecule has 1 aromatic heterocycles. The van der Waals surface area contributed by atoms with E-state index in [2.05, 4.69) is 16.6 Å². The fraction of sp³-hybridized carbons (Fsp3) is 0.333. The molecule has 5 nitrogen and oxygen atoms in total. The van der Waals surface area contributed by atoms with Crippen LogP contribution in [0, 0.1) is 11.8 Å². The molecule has 1 heterocycles. The quantitative estimate of drug-likeness (QED) is 0.653. The van der Waals surface area contributed by atoms with Gasteiger partial charge in [-0.1, -0.05) is 11.8 Å². The smallest absolute Gasteiger partial charge is 0.274 e. The average Bonchev–Trinajstić information content (AvgIpc) is 2.62. The van der Waals surface area contributed by atoms with Crippen LogP contribution in [-0.4, -0.2) is 20.1 Å². The standard InChI is InChI=1S/C9H12N2O3S2/c10-16(13,14)11-7-9-5-4-8(15-9)3-1-2-6-12/h4-5,11-12H,2,6-7H2,(H2,10,13,14). The second-order valence-corrected chi connectivity index (χ2v) is 5.45. The van der Waals surface area contributed by atoms with E-state index in [1.165, 1.54) is 11.3 Å². The number of aliphatic hydroxyl groups is 1. The summed E-state index contributed by atoms with van der Waals surface area (Å²) in [5.41, 5.74) is 0. The molecule has 1 rings (SSSR count). The highest BCUT2D eigenvalue weighted by molar-refractivity contribution is 7.87. The molecule has 0 fully saturated rings. The third kappa shape index (κ3) is 5.25. The summed E-state index contributed by atoms with van der Waals surface area (Å²) in [5.74, 6) is 5.65. The van der Waals surface area contributed by atoms with Crippen LogP contribution in [-0.2, 0) is 16.8 Å². The molecule has 0 aliphatic carbocycles. The fourth-order valence-corrected chi connectivity index (χ4v) is 2.19. The molecule has 7 heteroatoms. The van der Waals surface area contributed by atoms with Gasteiger partial charge in [-0.2, -0.15) is 13.1 Å². The number of hydrogen-bond donors (Lipinski definition) is 3. The van der Waals surface area contributed by atoms with E-state index >= 15 is 0 Å². The molecule has 0 aromatic carbocycles. The van der Waals surface area contributed by atoms with E-state index in [0.29, 0.717) is 6.42 Å². The van der Waals surface area contributed by atoms with Crippen LogP contribution in [0.3, 0.4) is 0 Å². The summed E-state index contributed by atoms with van der Waals surface area (Å²) in [6.45, 7) is 0.212. The molecule has 0 radical (unpaired) electrons. The normalized spacial score (nSPS) is 10.9. The largest absolute Gasteiger partial charge is 0.395 e. The van der Waals surface area contributed by atoms with Gasteiger partial charge in [0, 0.05) is 17.8 Å². The van der Waals surface area contributed by atoms with E-state index in [1.54, 1.807) is 12.1 Å². The van der Waals surface area contributed by atoms with Crippen LogP contribution in [0.5, 0.6) is 0 Å². The van der Waals surface area contributed by atoms with Gasteiger partial charge >= 0.3 is 0 Å². The maximum absolute atomic E-state index is 10.6. The zero-order valence-corrected chi connectivity index (χ0v) is 10.1. The molecule has 0 aliphatic rings. The van der Waals surface area contributed by atoms with Crippen LogP contribution in [0.2, 0.25) is 0 Å². The number of aliphatic hydroxyl groups excluding tert-OH is 1. The number of hydrogen-bond acceptors (Lipinski definition) is 4. The van der Waals surface area contributed by atoms with Crippen LogP contribution in [0.15, 0.2) is 12.1 Å². The van der Waals surface area contributed by atoms with Crippen LogP contribution < -0.4 is 9.86 Å². The van der Waals surface area contributed by atoms with Crippen molar-refractivity contribution in [1.82, 2.24) is 4.72 Å². The number of nitrogens with one attached hydrogen (secondary N) is 1. The SMILES string of the molecule is NS(=O)(=O)NCc1ccc(C#CCCO)s1. The summed E-state index contributed by atoms with van der Waals surface area (Å²) in [6, 6.07) is 3.58. The second-order valence-electron chi connectivity index (χ2n) is 2.91. The maximum atomic E-state index is 10.6. The third-order valence-electron chi connectivity index (χ3n) is 1.56.